The van der Waals surface area contributed by atoms with E-state index in [1.807, 2.05) is 0 Å². The van der Waals surface area contributed by atoms with Gasteiger partial charge in [0.15, 0.2) is 0 Å². The van der Waals surface area contributed by atoms with Crippen LogP contribution in [0.2, 0.25) is 0 Å². The monoisotopic (exact) mass is 266 g/mol. The van der Waals surface area contributed by atoms with Crippen LogP contribution in [0.3, 0.4) is 0 Å². The number of alkyl halides is 3. The minimum Gasteiger partial charge on any atom is -0.444 e. The van der Waals surface area contributed by atoms with Gasteiger partial charge in [0.25, 0.3) is 0 Å². The van der Waals surface area contributed by atoms with Crippen LogP contribution in [-0.2, 0) is 4.74 Å². The summed E-state index contributed by atoms with van der Waals surface area (Å²) >= 11 is 0. The lowest BCUT2D eigenvalue weighted by Crippen LogP contribution is -2.59. The summed E-state index contributed by atoms with van der Waals surface area (Å²) < 4.78 is 43.4. The third-order valence-corrected chi connectivity index (χ3v) is 3.12. The van der Waals surface area contributed by atoms with Crippen LogP contribution < -0.4 is 5.32 Å². The Morgan fingerprint density at radius 3 is 2.39 bits per heavy atom. The quantitative estimate of drug-likeness (QED) is 0.728. The molecule has 0 aromatic carbocycles. The summed E-state index contributed by atoms with van der Waals surface area (Å²) in [5.74, 6) is 0. The Bertz CT molecular complexity index is 351. The largest absolute Gasteiger partial charge is 0.444 e. The van der Waals surface area contributed by atoms with Crippen LogP contribution in [-0.4, -0.2) is 47.4 Å². The Kier molecular flexibility index (Phi) is 3.00. The average Bonchev–Trinajstić information content (AvgIpc) is 2.71. The molecule has 3 atom stereocenters. The SMILES string of the molecule is CC(C)(C)OC(=O)N1C[C@H]2C[C@@H]1[C@@H](C(F)(F)F)N2. The number of piperazine rings is 1. The third kappa shape index (κ3) is 2.55. The van der Waals surface area contributed by atoms with Gasteiger partial charge in [-0.25, -0.2) is 4.79 Å². The summed E-state index contributed by atoms with van der Waals surface area (Å²) in [6, 6.07) is -2.76. The highest BCUT2D eigenvalue weighted by Crippen LogP contribution is 2.37. The smallest absolute Gasteiger partial charge is 0.410 e. The molecule has 2 saturated heterocycles. The molecule has 0 aromatic heterocycles. The maximum atomic E-state index is 12.8. The number of carbonyl (C=O) groups is 1. The lowest BCUT2D eigenvalue weighted by Gasteiger charge is -2.35. The Balaban J connectivity index is 2.06. The highest BCUT2D eigenvalue weighted by molar-refractivity contribution is 5.69. The van der Waals surface area contributed by atoms with Gasteiger partial charge >= 0.3 is 12.3 Å². The fraction of sp³-hybridized carbons (Fsp3) is 0.909. The van der Waals surface area contributed by atoms with Gasteiger partial charge in [-0.1, -0.05) is 0 Å². The molecule has 7 heteroatoms. The van der Waals surface area contributed by atoms with Gasteiger partial charge in [-0.15, -0.1) is 0 Å². The van der Waals surface area contributed by atoms with E-state index in [1.54, 1.807) is 20.8 Å². The van der Waals surface area contributed by atoms with Crippen molar-refractivity contribution in [2.75, 3.05) is 6.54 Å². The van der Waals surface area contributed by atoms with Crippen LogP contribution in [0.25, 0.3) is 0 Å². The first-order valence-electron chi connectivity index (χ1n) is 5.90. The van der Waals surface area contributed by atoms with Crippen molar-refractivity contribution in [3.05, 3.63) is 0 Å². The Morgan fingerprint density at radius 1 is 1.33 bits per heavy atom. The van der Waals surface area contributed by atoms with Crippen molar-refractivity contribution < 1.29 is 22.7 Å². The number of ether oxygens (including phenoxy) is 1. The van der Waals surface area contributed by atoms with Gasteiger partial charge < -0.3 is 9.64 Å². The van der Waals surface area contributed by atoms with Crippen molar-refractivity contribution >= 4 is 6.09 Å². The molecule has 4 nitrogen and oxygen atoms in total. The van der Waals surface area contributed by atoms with E-state index >= 15 is 0 Å². The molecule has 0 unspecified atom stereocenters. The predicted molar refractivity (Wildman–Crippen MR) is 58.1 cm³/mol. The molecule has 0 radical (unpaired) electrons. The molecule has 1 N–H and O–H groups in total. The molecule has 0 aliphatic carbocycles. The minimum absolute atomic E-state index is 0.283. The molecular formula is C11H17F3N2O2. The molecule has 2 aliphatic heterocycles. The molecule has 0 aromatic rings. The second-order valence-electron chi connectivity index (χ2n) is 5.82. The maximum absolute atomic E-state index is 12.8. The molecule has 2 heterocycles. The lowest BCUT2D eigenvalue weighted by atomic mass is 10.1. The Labute approximate surface area is 103 Å². The van der Waals surface area contributed by atoms with E-state index in [2.05, 4.69) is 5.32 Å². The number of nitrogens with zero attached hydrogens (tertiary/aromatic N) is 1. The minimum atomic E-state index is -4.33. The van der Waals surface area contributed by atoms with Crippen LogP contribution in [0.15, 0.2) is 0 Å². The number of nitrogens with one attached hydrogen (secondary N) is 1. The molecule has 1 amide bonds. The molecule has 18 heavy (non-hydrogen) atoms. The number of likely N-dealkylation sites (tertiary alicyclic amines) is 1. The summed E-state index contributed by atoms with van der Waals surface area (Å²) in [7, 11) is 0. The number of carbonyl (C=O) groups excluding carboxylic acids is 1. The number of halogens is 3. The summed E-state index contributed by atoms with van der Waals surface area (Å²) in [4.78, 5) is 13.0. The van der Waals surface area contributed by atoms with Crippen LogP contribution >= 0.6 is 0 Å². The van der Waals surface area contributed by atoms with Crippen LogP contribution in [0.4, 0.5) is 18.0 Å². The molecule has 104 valence electrons. The molecule has 0 saturated carbocycles. The fourth-order valence-electron chi connectivity index (χ4n) is 2.51. The summed E-state index contributed by atoms with van der Waals surface area (Å²) in [6.45, 7) is 5.36. The zero-order valence-corrected chi connectivity index (χ0v) is 10.5. The van der Waals surface area contributed by atoms with E-state index in [0.717, 1.165) is 0 Å². The zero-order valence-electron chi connectivity index (χ0n) is 10.5. The van der Waals surface area contributed by atoms with Gasteiger partial charge in [-0.05, 0) is 27.2 Å². The van der Waals surface area contributed by atoms with Gasteiger partial charge in [0.05, 0.1) is 6.04 Å². The van der Waals surface area contributed by atoms with Crippen LogP contribution in [0.1, 0.15) is 27.2 Å². The number of hydrogen-bond donors (Lipinski definition) is 1. The Morgan fingerprint density at radius 2 is 1.94 bits per heavy atom. The van der Waals surface area contributed by atoms with E-state index < -0.39 is 30.0 Å². The normalized spacial score (nSPS) is 31.9. The molecule has 2 rings (SSSR count). The van der Waals surface area contributed by atoms with E-state index in [-0.39, 0.29) is 12.6 Å². The van der Waals surface area contributed by atoms with Gasteiger partial charge in [0.1, 0.15) is 11.6 Å². The molecule has 2 aliphatic rings. The highest BCUT2D eigenvalue weighted by atomic mass is 19.4. The van der Waals surface area contributed by atoms with Crippen molar-refractivity contribution in [2.45, 2.75) is 57.1 Å². The molecule has 2 bridgehead atoms. The van der Waals surface area contributed by atoms with Crippen LogP contribution in [0, 0.1) is 0 Å². The molecular weight excluding hydrogens is 249 g/mol. The third-order valence-electron chi connectivity index (χ3n) is 3.12. The first-order valence-corrected chi connectivity index (χ1v) is 5.90. The highest BCUT2D eigenvalue weighted by Gasteiger charge is 2.57. The first-order chi connectivity index (χ1) is 8.08. The maximum Gasteiger partial charge on any atom is 0.410 e. The molecule has 0 spiro atoms. The van der Waals surface area contributed by atoms with Crippen molar-refractivity contribution in [1.82, 2.24) is 10.2 Å². The summed E-state index contributed by atoms with van der Waals surface area (Å²) in [6.07, 6.45) is -4.66. The van der Waals surface area contributed by atoms with Crippen molar-refractivity contribution in [1.29, 1.82) is 0 Å². The van der Waals surface area contributed by atoms with Gasteiger partial charge in [-0.3, -0.25) is 5.32 Å². The fourth-order valence-corrected chi connectivity index (χ4v) is 2.51. The second kappa shape index (κ2) is 4.01. The van der Waals surface area contributed by atoms with E-state index in [0.29, 0.717) is 6.42 Å². The van der Waals surface area contributed by atoms with E-state index in [9.17, 15) is 18.0 Å². The standard InChI is InChI=1S/C11H17F3N2O2/c1-10(2,3)18-9(17)16-5-6-4-7(16)8(15-6)11(12,13)14/h6-8,15H,4-5H2,1-3H3/t6-,7-,8+/m1/s1. The second-order valence-corrected chi connectivity index (χ2v) is 5.82. The van der Waals surface area contributed by atoms with Crippen molar-refractivity contribution in [2.24, 2.45) is 0 Å². The topological polar surface area (TPSA) is 41.6 Å². The summed E-state index contributed by atoms with van der Waals surface area (Å²) in [5.41, 5.74) is -0.694. The van der Waals surface area contributed by atoms with Gasteiger partial charge in [0, 0.05) is 12.6 Å². The predicted octanol–water partition coefficient (Wildman–Crippen LogP) is 1.90. The van der Waals surface area contributed by atoms with Crippen molar-refractivity contribution in [3.63, 3.8) is 0 Å². The number of hydrogen-bond acceptors (Lipinski definition) is 3. The van der Waals surface area contributed by atoms with Gasteiger partial charge in [-0.2, -0.15) is 13.2 Å². The van der Waals surface area contributed by atoms with Crippen LogP contribution in [0.5, 0.6) is 0 Å². The lowest BCUT2D eigenvalue weighted by molar-refractivity contribution is -0.166. The Hall–Kier alpha value is -0.980. The number of amides is 1. The van der Waals surface area contributed by atoms with Gasteiger partial charge in [0.2, 0.25) is 0 Å². The van der Waals surface area contributed by atoms with E-state index in [4.69, 9.17) is 4.74 Å². The first kappa shape index (κ1) is 13.5. The summed E-state index contributed by atoms with van der Waals surface area (Å²) in [5, 5.41) is 2.50. The molecule has 2 fully saturated rings. The number of fused-ring (bicyclic) bond motifs is 2. The zero-order chi connectivity index (χ0) is 13.7. The number of rotatable bonds is 0. The van der Waals surface area contributed by atoms with Crippen molar-refractivity contribution in [3.8, 4) is 0 Å². The van der Waals surface area contributed by atoms with E-state index in [1.165, 1.54) is 4.90 Å². The average molecular weight is 266 g/mol.